The van der Waals surface area contributed by atoms with Gasteiger partial charge in [0.25, 0.3) is 0 Å². The van der Waals surface area contributed by atoms with Crippen LogP contribution in [-0.2, 0) is 0 Å². The van der Waals surface area contributed by atoms with Crippen molar-refractivity contribution >= 4 is 45.9 Å². The molecule has 4 nitrogen and oxygen atoms in total. The predicted octanol–water partition coefficient (Wildman–Crippen LogP) is 4.35. The molecule has 20 heavy (non-hydrogen) atoms. The molecule has 0 aliphatic heterocycles. The molecule has 0 amide bonds. The number of aryl methyl sites for hydroxylation is 1. The van der Waals surface area contributed by atoms with Crippen molar-refractivity contribution < 1.29 is 9.13 Å². The molecule has 0 saturated heterocycles. The van der Waals surface area contributed by atoms with E-state index in [9.17, 15) is 4.39 Å². The zero-order valence-corrected chi connectivity index (χ0v) is 12.9. The highest BCUT2D eigenvalue weighted by Gasteiger charge is 2.16. The summed E-state index contributed by atoms with van der Waals surface area (Å²) in [6.45, 7) is 1.87. The summed E-state index contributed by atoms with van der Waals surface area (Å²) in [5.41, 5.74) is 3.67. The molecule has 8 heteroatoms. The average molecular weight is 334 g/mol. The van der Waals surface area contributed by atoms with Gasteiger partial charge in [0, 0.05) is 5.38 Å². The van der Waals surface area contributed by atoms with E-state index in [0.29, 0.717) is 5.13 Å². The van der Waals surface area contributed by atoms with E-state index in [0.717, 1.165) is 5.69 Å². The van der Waals surface area contributed by atoms with Crippen molar-refractivity contribution in [3.8, 4) is 5.75 Å². The number of rotatable bonds is 4. The lowest BCUT2D eigenvalue weighted by Gasteiger charge is -2.08. The molecule has 0 unspecified atom stereocenters. The molecule has 0 aliphatic carbocycles. The zero-order valence-electron chi connectivity index (χ0n) is 10.6. The monoisotopic (exact) mass is 333 g/mol. The van der Waals surface area contributed by atoms with Gasteiger partial charge in [-0.25, -0.2) is 9.37 Å². The second-order valence-corrected chi connectivity index (χ2v) is 5.44. The topological polar surface area (TPSA) is 46.5 Å². The van der Waals surface area contributed by atoms with Gasteiger partial charge in [0.2, 0.25) is 5.13 Å². The molecular formula is C12H10Cl2FN3OS. The SMILES string of the molecule is COc1c(Cl)cc(Cl)c(C=NNc2nc(C)cs2)c1F. The third kappa shape index (κ3) is 3.20. The molecule has 0 aliphatic rings. The highest BCUT2D eigenvalue weighted by molar-refractivity contribution is 7.13. The Bertz CT molecular complexity index is 660. The van der Waals surface area contributed by atoms with E-state index < -0.39 is 5.82 Å². The number of nitrogens with one attached hydrogen (secondary N) is 1. The lowest BCUT2D eigenvalue weighted by molar-refractivity contribution is 0.386. The van der Waals surface area contributed by atoms with E-state index in [-0.39, 0.29) is 21.4 Å². The van der Waals surface area contributed by atoms with E-state index in [4.69, 9.17) is 27.9 Å². The molecule has 0 radical (unpaired) electrons. The van der Waals surface area contributed by atoms with E-state index in [1.165, 1.54) is 30.7 Å². The number of methoxy groups -OCH3 is 1. The summed E-state index contributed by atoms with van der Waals surface area (Å²) in [6.07, 6.45) is 1.26. The predicted molar refractivity (Wildman–Crippen MR) is 81.0 cm³/mol. The van der Waals surface area contributed by atoms with Crippen LogP contribution in [-0.4, -0.2) is 18.3 Å². The molecule has 1 aromatic carbocycles. The summed E-state index contributed by atoms with van der Waals surface area (Å²) in [4.78, 5) is 4.16. The average Bonchev–Trinajstić information content (AvgIpc) is 2.79. The Morgan fingerprint density at radius 3 is 2.80 bits per heavy atom. The third-order valence-electron chi connectivity index (χ3n) is 2.34. The molecule has 1 N–H and O–H groups in total. The Hall–Kier alpha value is -1.37. The number of hydrogen-bond donors (Lipinski definition) is 1. The molecule has 106 valence electrons. The molecule has 0 atom stereocenters. The van der Waals surface area contributed by atoms with E-state index >= 15 is 0 Å². The van der Waals surface area contributed by atoms with Crippen LogP contribution in [0.4, 0.5) is 9.52 Å². The number of thiazole rings is 1. The minimum Gasteiger partial charge on any atom is -0.492 e. The number of hydrazone groups is 1. The highest BCUT2D eigenvalue weighted by Crippen LogP contribution is 2.33. The van der Waals surface area contributed by atoms with Crippen LogP contribution in [0.2, 0.25) is 10.0 Å². The lowest BCUT2D eigenvalue weighted by Crippen LogP contribution is -1.98. The standard InChI is InChI=1S/C12H10Cl2FN3OS/c1-6-5-20-12(17-6)18-16-4-7-8(13)3-9(14)11(19-2)10(7)15/h3-5H,1-2H3,(H,17,18). The number of benzene rings is 1. The summed E-state index contributed by atoms with van der Waals surface area (Å²) in [5, 5.41) is 6.64. The van der Waals surface area contributed by atoms with Gasteiger partial charge in [-0.05, 0) is 13.0 Å². The molecule has 1 heterocycles. The maximum absolute atomic E-state index is 14.1. The van der Waals surface area contributed by atoms with Gasteiger partial charge in [-0.2, -0.15) is 5.10 Å². The second kappa shape index (κ2) is 6.39. The van der Waals surface area contributed by atoms with Gasteiger partial charge < -0.3 is 4.74 Å². The minimum atomic E-state index is -0.661. The van der Waals surface area contributed by atoms with Gasteiger partial charge in [-0.1, -0.05) is 23.2 Å². The van der Waals surface area contributed by atoms with Crippen molar-refractivity contribution in [2.24, 2.45) is 5.10 Å². The van der Waals surface area contributed by atoms with Gasteiger partial charge >= 0.3 is 0 Å². The molecule has 0 saturated carbocycles. The number of aromatic nitrogens is 1. The van der Waals surface area contributed by atoms with Gasteiger partial charge in [0.15, 0.2) is 11.6 Å². The van der Waals surface area contributed by atoms with Crippen LogP contribution in [0, 0.1) is 12.7 Å². The Balaban J connectivity index is 2.24. The quantitative estimate of drug-likeness (QED) is 0.668. The van der Waals surface area contributed by atoms with Gasteiger partial charge in [-0.3, -0.25) is 5.43 Å². The van der Waals surface area contributed by atoms with Crippen molar-refractivity contribution in [2.45, 2.75) is 6.92 Å². The third-order valence-corrected chi connectivity index (χ3v) is 3.80. The van der Waals surface area contributed by atoms with E-state index in [1.807, 2.05) is 12.3 Å². The molecular weight excluding hydrogens is 324 g/mol. The fourth-order valence-corrected chi connectivity index (χ4v) is 2.65. The summed E-state index contributed by atoms with van der Waals surface area (Å²) in [7, 11) is 1.33. The summed E-state index contributed by atoms with van der Waals surface area (Å²) < 4.78 is 19.0. The molecule has 0 spiro atoms. The maximum atomic E-state index is 14.1. The fraction of sp³-hybridized carbons (Fsp3) is 0.167. The molecule has 0 bridgehead atoms. The first kappa shape index (κ1) is 15.0. The first-order chi connectivity index (χ1) is 9.52. The Morgan fingerprint density at radius 1 is 1.45 bits per heavy atom. The van der Waals surface area contributed by atoms with Gasteiger partial charge in [-0.15, -0.1) is 11.3 Å². The van der Waals surface area contributed by atoms with Crippen LogP contribution < -0.4 is 10.2 Å². The van der Waals surface area contributed by atoms with Crippen molar-refractivity contribution in [1.29, 1.82) is 0 Å². The molecule has 2 aromatic rings. The van der Waals surface area contributed by atoms with E-state index in [1.54, 1.807) is 0 Å². The largest absolute Gasteiger partial charge is 0.492 e. The number of hydrogen-bond acceptors (Lipinski definition) is 5. The number of anilines is 1. The Labute approximate surface area is 129 Å². The van der Waals surface area contributed by atoms with E-state index in [2.05, 4.69) is 15.5 Å². The van der Waals surface area contributed by atoms with Crippen LogP contribution in [0.5, 0.6) is 5.75 Å². The second-order valence-electron chi connectivity index (χ2n) is 3.77. The number of nitrogens with zero attached hydrogens (tertiary/aromatic N) is 2. The first-order valence-electron chi connectivity index (χ1n) is 5.45. The van der Waals surface area contributed by atoms with Crippen molar-refractivity contribution in [3.63, 3.8) is 0 Å². The molecule has 0 fully saturated rings. The minimum absolute atomic E-state index is 0.0670. The lowest BCUT2D eigenvalue weighted by atomic mass is 10.2. The van der Waals surface area contributed by atoms with Crippen LogP contribution in [0.3, 0.4) is 0 Å². The summed E-state index contributed by atoms with van der Waals surface area (Å²) in [5.74, 6) is -0.728. The van der Waals surface area contributed by atoms with Crippen LogP contribution in [0.25, 0.3) is 0 Å². The Kier molecular flexibility index (Phi) is 4.80. The molecule has 2 rings (SSSR count). The summed E-state index contributed by atoms with van der Waals surface area (Å²) >= 11 is 13.2. The Morgan fingerprint density at radius 2 is 2.20 bits per heavy atom. The fourth-order valence-electron chi connectivity index (χ4n) is 1.45. The van der Waals surface area contributed by atoms with Crippen molar-refractivity contribution in [1.82, 2.24) is 4.98 Å². The van der Waals surface area contributed by atoms with Gasteiger partial charge in [0.1, 0.15) is 0 Å². The summed E-state index contributed by atoms with van der Waals surface area (Å²) in [6, 6.07) is 1.40. The van der Waals surface area contributed by atoms with Crippen LogP contribution >= 0.6 is 34.5 Å². The van der Waals surface area contributed by atoms with Crippen LogP contribution in [0.15, 0.2) is 16.5 Å². The first-order valence-corrected chi connectivity index (χ1v) is 7.09. The maximum Gasteiger partial charge on any atom is 0.203 e. The number of ether oxygens (including phenoxy) is 1. The van der Waals surface area contributed by atoms with Crippen molar-refractivity contribution in [2.75, 3.05) is 12.5 Å². The van der Waals surface area contributed by atoms with Gasteiger partial charge in [0.05, 0.1) is 34.6 Å². The number of halogens is 3. The van der Waals surface area contributed by atoms with Crippen LogP contribution in [0.1, 0.15) is 11.3 Å². The zero-order chi connectivity index (χ0) is 14.7. The smallest absolute Gasteiger partial charge is 0.203 e. The normalized spacial score (nSPS) is 11.1. The molecule has 1 aromatic heterocycles. The highest BCUT2D eigenvalue weighted by atomic mass is 35.5. The van der Waals surface area contributed by atoms with Crippen molar-refractivity contribution in [3.05, 3.63) is 38.6 Å².